The number of nitrogens with one attached hydrogen (secondary N) is 1. The van der Waals surface area contributed by atoms with E-state index < -0.39 is 17.5 Å². The van der Waals surface area contributed by atoms with E-state index in [4.69, 9.17) is 9.73 Å². The molecule has 0 saturated carbocycles. The first kappa shape index (κ1) is 20.3. The summed E-state index contributed by atoms with van der Waals surface area (Å²) in [5.74, 6) is -0.673. The number of amidine groups is 1. The third-order valence-electron chi connectivity index (χ3n) is 5.21. The Hall–Kier alpha value is -2.03. The topological polar surface area (TPSA) is 67.8 Å². The second kappa shape index (κ2) is 8.01. The number of ketones is 1. The van der Waals surface area contributed by atoms with Crippen LogP contribution >= 0.6 is 27.7 Å². The Balaban J connectivity index is 1.75. The molecule has 2 aromatic rings. The molecule has 2 aliphatic heterocycles. The number of carbonyl (C=O) groups excluding carboxylic acids is 2. The minimum atomic E-state index is -1.07. The number of hydrogen-bond donors (Lipinski definition) is 1. The summed E-state index contributed by atoms with van der Waals surface area (Å²) in [5, 5.41) is 3.21. The van der Waals surface area contributed by atoms with Gasteiger partial charge in [-0.05, 0) is 37.3 Å². The van der Waals surface area contributed by atoms with Crippen LogP contribution in [0, 0.1) is 11.7 Å². The molecular weight excluding hydrogens is 459 g/mol. The van der Waals surface area contributed by atoms with E-state index in [-0.39, 0.29) is 24.2 Å². The Labute approximate surface area is 180 Å². The van der Waals surface area contributed by atoms with Gasteiger partial charge in [0.2, 0.25) is 0 Å². The number of nitrogens with zero attached hydrogens (tertiary/aromatic N) is 1. The first-order chi connectivity index (χ1) is 13.9. The zero-order valence-electron chi connectivity index (χ0n) is 15.5. The lowest BCUT2D eigenvalue weighted by molar-refractivity contribution is -0.126. The minimum absolute atomic E-state index is 0.0700. The number of ether oxygens (including phenoxy) is 1. The lowest BCUT2D eigenvalue weighted by Gasteiger charge is -2.36. The zero-order chi connectivity index (χ0) is 20.6. The van der Waals surface area contributed by atoms with Gasteiger partial charge in [0.1, 0.15) is 17.5 Å². The van der Waals surface area contributed by atoms with Crippen LogP contribution in [0.15, 0.2) is 58.0 Å². The quantitative estimate of drug-likeness (QED) is 0.728. The van der Waals surface area contributed by atoms with E-state index >= 15 is 0 Å². The number of benzene rings is 2. The summed E-state index contributed by atoms with van der Waals surface area (Å²) in [6.07, 6.45) is -0.656. The first-order valence-corrected chi connectivity index (χ1v) is 10.9. The molecular formula is C21H18BrFN2O3S. The van der Waals surface area contributed by atoms with Gasteiger partial charge in [0.25, 0.3) is 5.91 Å². The number of rotatable bonds is 3. The second-order valence-corrected chi connectivity index (χ2v) is 8.97. The fourth-order valence-corrected chi connectivity index (χ4v) is 5.34. The average Bonchev–Trinajstić information content (AvgIpc) is 3.10. The van der Waals surface area contributed by atoms with Crippen molar-refractivity contribution in [1.82, 2.24) is 5.32 Å². The van der Waals surface area contributed by atoms with Crippen LogP contribution in [0.5, 0.6) is 0 Å². The normalized spacial score (nSPS) is 25.8. The molecule has 0 aliphatic carbocycles. The predicted octanol–water partition coefficient (Wildman–Crippen LogP) is 3.92. The molecule has 150 valence electrons. The molecule has 1 amide bonds. The monoisotopic (exact) mass is 476 g/mol. The summed E-state index contributed by atoms with van der Waals surface area (Å²) in [5.41, 5.74) is -0.216. The summed E-state index contributed by atoms with van der Waals surface area (Å²) in [6, 6.07) is 13.5. The van der Waals surface area contributed by atoms with E-state index in [1.807, 2.05) is 6.07 Å². The fraction of sp³-hybridized carbons (Fsp3) is 0.286. The van der Waals surface area contributed by atoms with Crippen LogP contribution in [-0.4, -0.2) is 35.3 Å². The lowest BCUT2D eigenvalue weighted by atomic mass is 9.78. The van der Waals surface area contributed by atoms with Crippen molar-refractivity contribution >= 4 is 44.5 Å². The third-order valence-corrected chi connectivity index (χ3v) is 6.70. The van der Waals surface area contributed by atoms with Crippen molar-refractivity contribution in [3.63, 3.8) is 0 Å². The highest BCUT2D eigenvalue weighted by Crippen LogP contribution is 2.48. The molecule has 0 aromatic heterocycles. The number of carbonyl (C=O) groups is 2. The summed E-state index contributed by atoms with van der Waals surface area (Å²) >= 11 is 4.73. The van der Waals surface area contributed by atoms with Crippen molar-refractivity contribution in [2.75, 3.05) is 12.4 Å². The Morgan fingerprint density at radius 1 is 1.28 bits per heavy atom. The molecule has 29 heavy (non-hydrogen) atoms. The predicted molar refractivity (Wildman–Crippen MR) is 113 cm³/mol. The molecule has 1 N–H and O–H groups in total. The van der Waals surface area contributed by atoms with Crippen LogP contribution < -0.4 is 5.32 Å². The molecule has 2 aliphatic rings. The van der Waals surface area contributed by atoms with Crippen molar-refractivity contribution in [3.8, 4) is 0 Å². The van der Waals surface area contributed by atoms with Gasteiger partial charge in [-0.1, -0.05) is 45.9 Å². The molecule has 1 saturated heterocycles. The van der Waals surface area contributed by atoms with E-state index in [0.717, 1.165) is 0 Å². The second-order valence-electron chi connectivity index (χ2n) is 7.05. The number of thioether (sulfide) groups is 1. The van der Waals surface area contributed by atoms with Gasteiger partial charge in [-0.2, -0.15) is 0 Å². The number of amides is 1. The van der Waals surface area contributed by atoms with E-state index in [2.05, 4.69) is 21.2 Å². The smallest absolute Gasteiger partial charge is 0.257 e. The average molecular weight is 477 g/mol. The maximum absolute atomic E-state index is 14.8. The Morgan fingerprint density at radius 3 is 2.76 bits per heavy atom. The van der Waals surface area contributed by atoms with E-state index in [1.165, 1.54) is 24.8 Å². The Morgan fingerprint density at radius 2 is 2.03 bits per heavy atom. The van der Waals surface area contributed by atoms with E-state index in [0.29, 0.717) is 26.5 Å². The van der Waals surface area contributed by atoms with Gasteiger partial charge in [0.05, 0.1) is 6.61 Å². The van der Waals surface area contributed by atoms with Crippen molar-refractivity contribution in [3.05, 3.63) is 69.9 Å². The van der Waals surface area contributed by atoms with E-state index in [9.17, 15) is 14.0 Å². The molecule has 0 spiro atoms. The van der Waals surface area contributed by atoms with Gasteiger partial charge in [0.15, 0.2) is 11.0 Å². The SMILES string of the molecule is CC(=O)[C@H]1OC[C@]2(c3cc(Br)ccc3F)N=C(NC(=O)c3ccccc3)SC[C@H]12. The lowest BCUT2D eigenvalue weighted by Crippen LogP contribution is -2.45. The van der Waals surface area contributed by atoms with Crippen molar-refractivity contribution in [1.29, 1.82) is 0 Å². The van der Waals surface area contributed by atoms with Crippen LogP contribution in [0.4, 0.5) is 4.39 Å². The number of hydrogen-bond acceptors (Lipinski definition) is 5. The fourth-order valence-electron chi connectivity index (χ4n) is 3.80. The number of fused-ring (bicyclic) bond motifs is 1. The van der Waals surface area contributed by atoms with Gasteiger partial charge in [-0.25, -0.2) is 9.38 Å². The highest BCUT2D eigenvalue weighted by molar-refractivity contribution is 9.10. The van der Waals surface area contributed by atoms with E-state index in [1.54, 1.807) is 36.4 Å². The van der Waals surface area contributed by atoms with Crippen molar-refractivity contribution in [2.45, 2.75) is 18.6 Å². The zero-order valence-corrected chi connectivity index (χ0v) is 17.9. The molecule has 2 heterocycles. The van der Waals surface area contributed by atoms with Gasteiger partial charge >= 0.3 is 0 Å². The third kappa shape index (κ3) is 3.76. The Kier molecular flexibility index (Phi) is 5.59. The maximum Gasteiger partial charge on any atom is 0.257 e. The highest BCUT2D eigenvalue weighted by Gasteiger charge is 2.55. The maximum atomic E-state index is 14.8. The van der Waals surface area contributed by atoms with Crippen LogP contribution in [-0.2, 0) is 15.1 Å². The molecule has 2 aromatic carbocycles. The van der Waals surface area contributed by atoms with Gasteiger partial charge in [0, 0.05) is 27.3 Å². The molecule has 4 rings (SSSR count). The molecule has 3 atom stereocenters. The summed E-state index contributed by atoms with van der Waals surface area (Å²) in [4.78, 5) is 29.4. The largest absolute Gasteiger partial charge is 0.367 e. The minimum Gasteiger partial charge on any atom is -0.367 e. The molecule has 0 radical (unpaired) electrons. The van der Waals surface area contributed by atoms with Crippen molar-refractivity contribution < 1.29 is 18.7 Å². The van der Waals surface area contributed by atoms with Gasteiger partial charge < -0.3 is 10.1 Å². The van der Waals surface area contributed by atoms with Gasteiger partial charge in [-0.3, -0.25) is 9.59 Å². The molecule has 0 bridgehead atoms. The summed E-state index contributed by atoms with van der Waals surface area (Å²) < 4.78 is 21.3. The molecule has 8 heteroatoms. The molecule has 0 unspecified atom stereocenters. The molecule has 1 fully saturated rings. The molecule has 5 nitrogen and oxygen atoms in total. The van der Waals surface area contributed by atoms with Crippen LogP contribution in [0.1, 0.15) is 22.8 Å². The Bertz CT molecular complexity index is 1000. The summed E-state index contributed by atoms with van der Waals surface area (Å²) in [7, 11) is 0. The van der Waals surface area contributed by atoms with Crippen LogP contribution in [0.3, 0.4) is 0 Å². The number of Topliss-reactive ketones (excluding diaryl/α,β-unsaturated/α-hetero) is 1. The first-order valence-electron chi connectivity index (χ1n) is 9.07. The highest BCUT2D eigenvalue weighted by atomic mass is 79.9. The van der Waals surface area contributed by atoms with Crippen LogP contribution in [0.25, 0.3) is 0 Å². The van der Waals surface area contributed by atoms with Crippen LogP contribution in [0.2, 0.25) is 0 Å². The summed E-state index contributed by atoms with van der Waals surface area (Å²) in [6.45, 7) is 1.54. The number of aliphatic imine (C=N–C) groups is 1. The standard InChI is InChI=1S/C21H18BrFN2O3S/c1-12(26)18-16-10-29-20(24-19(27)13-5-3-2-4-6-13)25-21(16,11-28-18)15-9-14(22)7-8-17(15)23/h2-9,16,18H,10-11H2,1H3,(H,24,25,27)/t16-,18-,21-/m1/s1. The number of halogens is 2. The van der Waals surface area contributed by atoms with Gasteiger partial charge in [-0.15, -0.1) is 0 Å². The van der Waals surface area contributed by atoms with Crippen molar-refractivity contribution in [2.24, 2.45) is 10.9 Å².